The Labute approximate surface area is 173 Å². The van der Waals surface area contributed by atoms with Gasteiger partial charge in [0.25, 0.3) is 11.8 Å². The van der Waals surface area contributed by atoms with Gasteiger partial charge in [0.2, 0.25) is 11.7 Å². The zero-order valence-electron chi connectivity index (χ0n) is 15.1. The van der Waals surface area contributed by atoms with Crippen molar-refractivity contribution in [3.8, 4) is 11.4 Å². The lowest BCUT2D eigenvalue weighted by Gasteiger charge is -2.19. The summed E-state index contributed by atoms with van der Waals surface area (Å²) in [6, 6.07) is 10.3. The van der Waals surface area contributed by atoms with Crippen molar-refractivity contribution in [2.75, 3.05) is 4.90 Å². The largest absolute Gasteiger partial charge is 0.337 e. The summed E-state index contributed by atoms with van der Waals surface area (Å²) in [4.78, 5) is 30.8. The molecule has 0 saturated carbocycles. The van der Waals surface area contributed by atoms with Gasteiger partial charge in [0, 0.05) is 5.56 Å². The van der Waals surface area contributed by atoms with Gasteiger partial charge < -0.3 is 4.52 Å². The third kappa shape index (κ3) is 2.92. The average molecular weight is 427 g/mol. The molecule has 0 N–H and O–H groups in total. The lowest BCUT2D eigenvalue weighted by atomic mass is 10.1. The van der Waals surface area contributed by atoms with E-state index >= 15 is 0 Å². The van der Waals surface area contributed by atoms with Crippen molar-refractivity contribution in [3.05, 3.63) is 65.3 Å². The van der Waals surface area contributed by atoms with E-state index < -0.39 is 29.7 Å². The lowest BCUT2D eigenvalue weighted by Crippen LogP contribution is -2.39. The molecule has 2 atom stereocenters. The first-order chi connectivity index (χ1) is 14.5. The molecule has 0 spiro atoms. The van der Waals surface area contributed by atoms with E-state index in [-0.39, 0.29) is 18.1 Å². The maximum Gasteiger partial charge on any atom is 0.263 e. The van der Waals surface area contributed by atoms with E-state index in [1.54, 1.807) is 24.3 Å². The number of carbonyl (C=O) groups excluding carboxylic acids is 2. The Hall–Kier alpha value is -3.66. The highest BCUT2D eigenvalue weighted by molar-refractivity contribution is 6.33. The number of amides is 2. The number of rotatable bonds is 4. The van der Waals surface area contributed by atoms with Gasteiger partial charge in [-0.3, -0.25) is 14.6 Å². The molecule has 30 heavy (non-hydrogen) atoms. The summed E-state index contributed by atoms with van der Waals surface area (Å²) in [7, 11) is 0. The second-order valence-electron chi connectivity index (χ2n) is 6.68. The Bertz CT molecular complexity index is 1200. The third-order valence-electron chi connectivity index (χ3n) is 4.80. The number of anilines is 1. The van der Waals surface area contributed by atoms with Crippen molar-refractivity contribution in [1.82, 2.24) is 15.1 Å². The van der Waals surface area contributed by atoms with Crippen LogP contribution >= 0.6 is 11.6 Å². The number of imide groups is 1. The minimum atomic E-state index is -1.01. The number of aromatic nitrogens is 2. The summed E-state index contributed by atoms with van der Waals surface area (Å²) in [6.45, 7) is -0.0296. The van der Waals surface area contributed by atoms with Crippen LogP contribution in [0.4, 0.5) is 10.1 Å². The van der Waals surface area contributed by atoms with Crippen molar-refractivity contribution in [1.29, 1.82) is 0 Å². The van der Waals surface area contributed by atoms with Crippen molar-refractivity contribution in [2.24, 2.45) is 10.3 Å². The number of hydrogen-bond donors (Lipinski definition) is 0. The maximum absolute atomic E-state index is 13.6. The molecule has 0 bridgehead atoms. The molecule has 0 aliphatic carbocycles. The minimum Gasteiger partial charge on any atom is -0.337 e. The van der Waals surface area contributed by atoms with Gasteiger partial charge in [0.05, 0.1) is 10.7 Å². The molecule has 1 aromatic heterocycles. The van der Waals surface area contributed by atoms with Gasteiger partial charge >= 0.3 is 0 Å². The molecule has 150 valence electrons. The Balaban J connectivity index is 1.38. The van der Waals surface area contributed by atoms with Crippen LogP contribution in [0.2, 0.25) is 5.02 Å². The standard InChI is InChI=1S/C19H12ClFN6O3/c20-13-7-2-1-6-12(13)17-22-14(30-24-17)9-26-16-15(23-25-26)18(28)27(19(16)29)11-5-3-4-10(21)8-11/h1-8,15-16H,9H2. The SMILES string of the molecule is O=C1C2N=NN(Cc3nc(-c4ccccc4Cl)no3)C2C(=O)N1c1cccc(F)c1. The molecule has 1 fully saturated rings. The van der Waals surface area contributed by atoms with Crippen molar-refractivity contribution < 1.29 is 18.5 Å². The zero-order chi connectivity index (χ0) is 20.8. The zero-order valence-corrected chi connectivity index (χ0v) is 15.9. The van der Waals surface area contributed by atoms with E-state index in [1.807, 2.05) is 0 Å². The number of halogens is 2. The molecule has 2 aliphatic rings. The number of hydrogen-bond acceptors (Lipinski definition) is 8. The molecule has 2 amide bonds. The molecular weight excluding hydrogens is 415 g/mol. The summed E-state index contributed by atoms with van der Waals surface area (Å²) in [6.07, 6.45) is 0. The van der Waals surface area contributed by atoms with E-state index in [0.717, 1.165) is 11.0 Å². The van der Waals surface area contributed by atoms with E-state index in [4.69, 9.17) is 16.1 Å². The fourth-order valence-corrected chi connectivity index (χ4v) is 3.65. The third-order valence-corrected chi connectivity index (χ3v) is 5.13. The van der Waals surface area contributed by atoms with Gasteiger partial charge in [0.15, 0.2) is 12.1 Å². The summed E-state index contributed by atoms with van der Waals surface area (Å²) in [5.74, 6) is -1.20. The van der Waals surface area contributed by atoms with Crippen LogP contribution in [0.25, 0.3) is 11.4 Å². The van der Waals surface area contributed by atoms with Gasteiger partial charge in [-0.25, -0.2) is 9.29 Å². The fraction of sp³-hybridized carbons (Fsp3) is 0.158. The molecule has 9 nitrogen and oxygen atoms in total. The quantitative estimate of drug-likeness (QED) is 0.594. The first-order valence-electron chi connectivity index (χ1n) is 8.91. The topological polar surface area (TPSA) is 104 Å². The molecule has 0 radical (unpaired) electrons. The lowest BCUT2D eigenvalue weighted by molar-refractivity contribution is -0.123. The molecule has 1 saturated heterocycles. The van der Waals surface area contributed by atoms with Crippen LogP contribution in [0, 0.1) is 5.82 Å². The molecule has 2 aromatic carbocycles. The van der Waals surface area contributed by atoms with E-state index in [2.05, 4.69) is 20.5 Å². The van der Waals surface area contributed by atoms with Crippen LogP contribution < -0.4 is 4.90 Å². The highest BCUT2D eigenvalue weighted by atomic mass is 35.5. The second-order valence-corrected chi connectivity index (χ2v) is 7.08. The van der Waals surface area contributed by atoms with Gasteiger partial charge in [-0.15, -0.1) is 0 Å². The summed E-state index contributed by atoms with van der Waals surface area (Å²) >= 11 is 6.15. The van der Waals surface area contributed by atoms with Gasteiger partial charge in [-0.2, -0.15) is 10.1 Å². The first kappa shape index (κ1) is 18.4. The van der Waals surface area contributed by atoms with Crippen molar-refractivity contribution >= 4 is 29.1 Å². The van der Waals surface area contributed by atoms with Crippen LogP contribution in [0.15, 0.2) is 63.4 Å². The molecule has 11 heteroatoms. The number of nitrogens with zero attached hydrogens (tertiary/aromatic N) is 6. The van der Waals surface area contributed by atoms with E-state index in [0.29, 0.717) is 16.4 Å². The predicted molar refractivity (Wildman–Crippen MR) is 102 cm³/mol. The first-order valence-corrected chi connectivity index (χ1v) is 9.29. The molecular formula is C19H12ClFN6O3. The predicted octanol–water partition coefficient (Wildman–Crippen LogP) is 3.02. The molecule has 3 heterocycles. The number of fused-ring (bicyclic) bond motifs is 1. The van der Waals surface area contributed by atoms with Crippen molar-refractivity contribution in [2.45, 2.75) is 18.6 Å². The maximum atomic E-state index is 13.6. The smallest absolute Gasteiger partial charge is 0.263 e. The molecule has 5 rings (SSSR count). The monoisotopic (exact) mass is 426 g/mol. The summed E-state index contributed by atoms with van der Waals surface area (Å²) in [5.41, 5.74) is 0.743. The number of carbonyl (C=O) groups is 2. The van der Waals surface area contributed by atoms with Crippen LogP contribution in [-0.2, 0) is 16.1 Å². The summed E-state index contributed by atoms with van der Waals surface area (Å²) in [5, 5.41) is 13.5. The highest BCUT2D eigenvalue weighted by Gasteiger charge is 2.55. The van der Waals surface area contributed by atoms with E-state index in [1.165, 1.54) is 23.2 Å². The Morgan fingerprint density at radius 1 is 1.10 bits per heavy atom. The highest BCUT2D eigenvalue weighted by Crippen LogP contribution is 2.33. The minimum absolute atomic E-state index is 0.0296. The number of benzene rings is 2. The van der Waals surface area contributed by atoms with Crippen LogP contribution in [0.5, 0.6) is 0 Å². The van der Waals surface area contributed by atoms with Crippen LogP contribution in [0.1, 0.15) is 5.89 Å². The average Bonchev–Trinajstić information content (AvgIpc) is 3.41. The van der Waals surface area contributed by atoms with Gasteiger partial charge in [-0.05, 0) is 30.3 Å². The molecule has 2 unspecified atom stereocenters. The van der Waals surface area contributed by atoms with Crippen LogP contribution in [0.3, 0.4) is 0 Å². The Morgan fingerprint density at radius 3 is 2.73 bits per heavy atom. The van der Waals surface area contributed by atoms with E-state index in [9.17, 15) is 14.0 Å². The molecule has 2 aliphatic heterocycles. The Morgan fingerprint density at radius 2 is 1.93 bits per heavy atom. The van der Waals surface area contributed by atoms with Gasteiger partial charge in [-0.1, -0.05) is 40.2 Å². The van der Waals surface area contributed by atoms with Crippen molar-refractivity contribution in [3.63, 3.8) is 0 Å². The summed E-state index contributed by atoms with van der Waals surface area (Å²) < 4.78 is 18.8. The molecule has 3 aromatic rings. The van der Waals surface area contributed by atoms with Crippen LogP contribution in [-0.4, -0.2) is 39.0 Å². The fourth-order valence-electron chi connectivity index (χ4n) is 3.43. The Kier molecular flexibility index (Phi) is 4.28. The second kappa shape index (κ2) is 6.99. The van der Waals surface area contributed by atoms with Gasteiger partial charge in [0.1, 0.15) is 12.4 Å². The normalized spacial score (nSPS) is 20.3.